The molecule has 168 valence electrons. The van der Waals surface area contributed by atoms with Crippen molar-refractivity contribution in [1.82, 2.24) is 14.5 Å². The summed E-state index contributed by atoms with van der Waals surface area (Å²) in [5.41, 5.74) is 3.94. The lowest BCUT2D eigenvalue weighted by molar-refractivity contribution is -0.121. The number of nitrogens with one attached hydrogen (secondary N) is 1. The standard InChI is InChI=1S/C26H24BrClN4O/c27-19-8-10-22(11-9-19)32-24-7-2-1-6-23(24)30-25(32)17-31-14-12-18(13-15-31)26(33)29-21-5-3-4-20(28)16-21/h1-11,16,18H,12-15,17H2,(H,29,33). The van der Waals surface area contributed by atoms with E-state index in [2.05, 4.69) is 67.1 Å². The average Bonchev–Trinajstić information content (AvgIpc) is 3.18. The van der Waals surface area contributed by atoms with Crippen LogP contribution in [-0.4, -0.2) is 33.4 Å². The summed E-state index contributed by atoms with van der Waals surface area (Å²) in [6.07, 6.45) is 1.65. The van der Waals surface area contributed by atoms with E-state index in [1.54, 1.807) is 12.1 Å². The van der Waals surface area contributed by atoms with Crippen molar-refractivity contribution in [2.75, 3.05) is 18.4 Å². The van der Waals surface area contributed by atoms with E-state index in [0.29, 0.717) is 5.02 Å². The van der Waals surface area contributed by atoms with Gasteiger partial charge in [-0.25, -0.2) is 4.98 Å². The second kappa shape index (κ2) is 9.67. The predicted octanol–water partition coefficient (Wildman–Crippen LogP) is 6.29. The van der Waals surface area contributed by atoms with Gasteiger partial charge in [-0.15, -0.1) is 0 Å². The highest BCUT2D eigenvalue weighted by Gasteiger charge is 2.26. The van der Waals surface area contributed by atoms with E-state index >= 15 is 0 Å². The Labute approximate surface area is 206 Å². The third-order valence-electron chi connectivity index (χ3n) is 6.13. The number of para-hydroxylation sites is 2. The molecule has 0 saturated carbocycles. The molecule has 1 N–H and O–H groups in total. The zero-order valence-corrected chi connectivity index (χ0v) is 20.4. The number of fused-ring (bicyclic) bond motifs is 1. The lowest BCUT2D eigenvalue weighted by Gasteiger charge is -2.31. The van der Waals surface area contributed by atoms with Crippen LogP contribution in [0.3, 0.4) is 0 Å². The normalized spacial score (nSPS) is 15.1. The summed E-state index contributed by atoms with van der Waals surface area (Å²) in [7, 11) is 0. The van der Waals surface area contributed by atoms with Crippen molar-refractivity contribution in [3.63, 3.8) is 0 Å². The largest absolute Gasteiger partial charge is 0.326 e. The number of halogens is 2. The van der Waals surface area contributed by atoms with Crippen LogP contribution in [-0.2, 0) is 11.3 Å². The smallest absolute Gasteiger partial charge is 0.227 e. The van der Waals surface area contributed by atoms with Crippen LogP contribution in [0.2, 0.25) is 5.02 Å². The second-order valence-corrected chi connectivity index (χ2v) is 9.73. The van der Waals surface area contributed by atoms with Crippen LogP contribution in [0, 0.1) is 5.92 Å². The molecule has 7 heteroatoms. The number of likely N-dealkylation sites (tertiary alicyclic amines) is 1. The van der Waals surface area contributed by atoms with Gasteiger partial charge in [0.05, 0.1) is 17.6 Å². The van der Waals surface area contributed by atoms with E-state index in [-0.39, 0.29) is 11.8 Å². The topological polar surface area (TPSA) is 50.2 Å². The summed E-state index contributed by atoms with van der Waals surface area (Å²) in [6, 6.07) is 23.9. The van der Waals surface area contributed by atoms with Gasteiger partial charge in [-0.1, -0.05) is 45.7 Å². The lowest BCUT2D eigenvalue weighted by Crippen LogP contribution is -2.38. The Bertz CT molecular complexity index is 1280. The molecule has 1 aliphatic rings. The second-order valence-electron chi connectivity index (χ2n) is 8.38. The zero-order chi connectivity index (χ0) is 22.8. The molecule has 33 heavy (non-hydrogen) atoms. The van der Waals surface area contributed by atoms with Gasteiger partial charge in [-0.3, -0.25) is 14.3 Å². The molecule has 4 aromatic rings. The number of hydrogen-bond donors (Lipinski definition) is 1. The fourth-order valence-electron chi connectivity index (χ4n) is 4.42. The number of imidazole rings is 1. The molecule has 0 atom stereocenters. The molecule has 0 aliphatic carbocycles. The molecule has 0 bridgehead atoms. The molecule has 3 aromatic carbocycles. The van der Waals surface area contributed by atoms with E-state index in [1.807, 2.05) is 24.3 Å². The number of nitrogens with zero attached hydrogens (tertiary/aromatic N) is 3. The van der Waals surface area contributed by atoms with Crippen LogP contribution in [0.4, 0.5) is 5.69 Å². The number of anilines is 1. The first-order valence-electron chi connectivity index (χ1n) is 11.1. The molecule has 5 nitrogen and oxygen atoms in total. The number of piperidine rings is 1. The maximum absolute atomic E-state index is 12.7. The third kappa shape index (κ3) is 4.98. The quantitative estimate of drug-likeness (QED) is 0.334. The fraction of sp³-hybridized carbons (Fsp3) is 0.231. The molecular weight excluding hydrogens is 500 g/mol. The first kappa shape index (κ1) is 22.1. The molecule has 1 fully saturated rings. The van der Waals surface area contributed by atoms with Crippen LogP contribution in [0.15, 0.2) is 77.3 Å². The summed E-state index contributed by atoms with van der Waals surface area (Å²) in [5.74, 6) is 1.09. The van der Waals surface area contributed by atoms with Crippen molar-refractivity contribution in [2.24, 2.45) is 5.92 Å². The predicted molar refractivity (Wildman–Crippen MR) is 137 cm³/mol. The number of carbonyl (C=O) groups excluding carboxylic acids is 1. The summed E-state index contributed by atoms with van der Waals surface area (Å²) in [4.78, 5) is 20.1. The number of hydrogen-bond acceptors (Lipinski definition) is 3. The van der Waals surface area contributed by atoms with Crippen LogP contribution < -0.4 is 5.32 Å². The molecule has 0 spiro atoms. The lowest BCUT2D eigenvalue weighted by atomic mass is 9.96. The molecule has 1 aromatic heterocycles. The van der Waals surface area contributed by atoms with Gasteiger partial charge in [0.2, 0.25) is 5.91 Å². The van der Waals surface area contributed by atoms with Crippen LogP contribution in [0.1, 0.15) is 18.7 Å². The third-order valence-corrected chi connectivity index (χ3v) is 6.89. The van der Waals surface area contributed by atoms with E-state index in [0.717, 1.165) is 65.2 Å². The number of benzene rings is 3. The Morgan fingerprint density at radius 1 is 1.03 bits per heavy atom. The van der Waals surface area contributed by atoms with E-state index in [1.165, 1.54) is 0 Å². The minimum absolute atomic E-state index is 0.00511. The number of rotatable bonds is 5. The average molecular weight is 524 g/mol. The van der Waals surface area contributed by atoms with E-state index in [9.17, 15) is 4.79 Å². The summed E-state index contributed by atoms with van der Waals surface area (Å²) >= 11 is 9.56. The highest BCUT2D eigenvalue weighted by molar-refractivity contribution is 9.10. The fourth-order valence-corrected chi connectivity index (χ4v) is 4.88. The molecule has 0 radical (unpaired) electrons. The van der Waals surface area contributed by atoms with Crippen molar-refractivity contribution >= 4 is 50.2 Å². The summed E-state index contributed by atoms with van der Waals surface area (Å²) in [6.45, 7) is 2.46. The van der Waals surface area contributed by atoms with Gasteiger partial charge in [0.1, 0.15) is 5.82 Å². The van der Waals surface area contributed by atoms with E-state index in [4.69, 9.17) is 16.6 Å². The number of aromatic nitrogens is 2. The van der Waals surface area contributed by atoms with Crippen molar-refractivity contribution < 1.29 is 4.79 Å². The van der Waals surface area contributed by atoms with Crippen LogP contribution >= 0.6 is 27.5 Å². The van der Waals surface area contributed by atoms with Gasteiger partial charge >= 0.3 is 0 Å². The Morgan fingerprint density at radius 3 is 2.55 bits per heavy atom. The van der Waals surface area contributed by atoms with Crippen LogP contribution in [0.5, 0.6) is 0 Å². The van der Waals surface area contributed by atoms with Crippen molar-refractivity contribution in [1.29, 1.82) is 0 Å². The SMILES string of the molecule is O=C(Nc1cccc(Cl)c1)C1CCN(Cc2nc3ccccc3n2-c2ccc(Br)cc2)CC1. The van der Waals surface area contributed by atoms with Gasteiger partial charge in [-0.05, 0) is 80.5 Å². The molecule has 5 rings (SSSR count). The highest BCUT2D eigenvalue weighted by Crippen LogP contribution is 2.26. The maximum Gasteiger partial charge on any atom is 0.227 e. The molecule has 1 saturated heterocycles. The highest BCUT2D eigenvalue weighted by atomic mass is 79.9. The monoisotopic (exact) mass is 522 g/mol. The van der Waals surface area contributed by atoms with Crippen molar-refractivity contribution in [3.05, 3.63) is 88.1 Å². The van der Waals surface area contributed by atoms with Crippen molar-refractivity contribution in [3.8, 4) is 5.69 Å². The van der Waals surface area contributed by atoms with Crippen LogP contribution in [0.25, 0.3) is 16.7 Å². The minimum atomic E-state index is 0.00511. The van der Waals surface area contributed by atoms with Gasteiger partial charge in [0.25, 0.3) is 0 Å². The Hall–Kier alpha value is -2.67. The Balaban J connectivity index is 1.29. The van der Waals surface area contributed by atoms with E-state index < -0.39 is 0 Å². The number of amides is 1. The van der Waals surface area contributed by atoms with Gasteiger partial charge in [-0.2, -0.15) is 0 Å². The summed E-state index contributed by atoms with van der Waals surface area (Å²) < 4.78 is 3.29. The Morgan fingerprint density at radius 2 is 1.79 bits per heavy atom. The summed E-state index contributed by atoms with van der Waals surface area (Å²) in [5, 5.41) is 3.63. The molecule has 1 aliphatic heterocycles. The Kier molecular flexibility index (Phi) is 6.49. The molecule has 0 unspecified atom stereocenters. The van der Waals surface area contributed by atoms with Gasteiger partial charge in [0.15, 0.2) is 0 Å². The number of carbonyl (C=O) groups is 1. The van der Waals surface area contributed by atoms with Gasteiger partial charge in [0, 0.05) is 26.8 Å². The zero-order valence-electron chi connectivity index (χ0n) is 18.0. The minimum Gasteiger partial charge on any atom is -0.326 e. The first-order chi connectivity index (χ1) is 16.1. The first-order valence-corrected chi connectivity index (χ1v) is 12.2. The van der Waals surface area contributed by atoms with Crippen molar-refractivity contribution in [2.45, 2.75) is 19.4 Å². The van der Waals surface area contributed by atoms with Gasteiger partial charge < -0.3 is 5.32 Å². The maximum atomic E-state index is 12.7. The molecule has 1 amide bonds. The molecular formula is C26H24BrClN4O. The molecule has 2 heterocycles.